The third kappa shape index (κ3) is 3.35. The van der Waals surface area contributed by atoms with Gasteiger partial charge in [-0.05, 0) is 50.6 Å². The van der Waals surface area contributed by atoms with Gasteiger partial charge in [-0.1, -0.05) is 25.1 Å². The molecule has 0 spiro atoms. The minimum Gasteiger partial charge on any atom is -0.459 e. The fraction of sp³-hybridized carbons (Fsp3) is 0.364. The van der Waals surface area contributed by atoms with E-state index >= 15 is 0 Å². The molecule has 0 amide bonds. The van der Waals surface area contributed by atoms with Gasteiger partial charge in [-0.3, -0.25) is 9.58 Å². The van der Waals surface area contributed by atoms with E-state index in [1.165, 1.54) is 5.56 Å². The molecule has 5 heteroatoms. The van der Waals surface area contributed by atoms with Crippen LogP contribution in [-0.4, -0.2) is 26.2 Å². The molecule has 0 aliphatic carbocycles. The number of benzene rings is 1. The maximum Gasteiger partial charge on any atom is 0.157 e. The molecule has 1 atom stereocenters. The highest BCUT2D eigenvalue weighted by Crippen LogP contribution is 2.29. The summed E-state index contributed by atoms with van der Waals surface area (Å²) < 4.78 is 7.96. The molecule has 1 aromatic carbocycles. The highest BCUT2D eigenvalue weighted by atomic mass is 16.3. The van der Waals surface area contributed by atoms with Crippen LogP contribution in [0.5, 0.6) is 0 Å². The van der Waals surface area contributed by atoms with E-state index in [1.807, 2.05) is 43.0 Å². The highest BCUT2D eigenvalue weighted by Gasteiger charge is 2.20. The highest BCUT2D eigenvalue weighted by molar-refractivity contribution is 5.79. The molecule has 3 heterocycles. The Morgan fingerprint density at radius 3 is 2.81 bits per heavy atom. The second-order valence-electron chi connectivity index (χ2n) is 7.26. The molecular weight excluding hydrogens is 336 g/mol. The van der Waals surface area contributed by atoms with Gasteiger partial charge < -0.3 is 4.42 Å². The Morgan fingerprint density at radius 2 is 2.04 bits per heavy atom. The molecule has 0 N–H and O–H groups in total. The van der Waals surface area contributed by atoms with Crippen molar-refractivity contribution in [2.24, 2.45) is 7.05 Å². The van der Waals surface area contributed by atoms with Gasteiger partial charge in [-0.25, -0.2) is 4.98 Å². The lowest BCUT2D eigenvalue weighted by Crippen LogP contribution is -2.27. The Balaban J connectivity index is 1.63. The molecule has 4 aromatic rings. The van der Waals surface area contributed by atoms with Crippen molar-refractivity contribution in [3.8, 4) is 0 Å². The number of aromatic nitrogens is 3. The van der Waals surface area contributed by atoms with Gasteiger partial charge in [0.2, 0.25) is 0 Å². The SMILES string of the molecule is CCCN(Cc1cnc2c(c1)c(C)nn2C)C(C)c1cc2ccccc2o1. The Morgan fingerprint density at radius 1 is 1.22 bits per heavy atom. The molecule has 0 bridgehead atoms. The topological polar surface area (TPSA) is 47.1 Å². The van der Waals surface area contributed by atoms with Gasteiger partial charge in [0.05, 0.1) is 11.7 Å². The van der Waals surface area contributed by atoms with Gasteiger partial charge >= 0.3 is 0 Å². The Hall–Kier alpha value is -2.66. The van der Waals surface area contributed by atoms with Crippen LogP contribution in [0.25, 0.3) is 22.0 Å². The van der Waals surface area contributed by atoms with Crippen LogP contribution in [0.1, 0.15) is 43.3 Å². The van der Waals surface area contributed by atoms with Crippen molar-refractivity contribution in [3.63, 3.8) is 0 Å². The first-order valence-electron chi connectivity index (χ1n) is 9.57. The number of para-hydroxylation sites is 1. The van der Waals surface area contributed by atoms with Crippen LogP contribution in [0.15, 0.2) is 47.0 Å². The molecular formula is C22H26N4O. The van der Waals surface area contributed by atoms with Crippen LogP contribution in [0, 0.1) is 6.92 Å². The van der Waals surface area contributed by atoms with Gasteiger partial charge in [0.15, 0.2) is 5.65 Å². The first-order valence-corrected chi connectivity index (χ1v) is 9.57. The molecule has 0 aliphatic rings. The Bertz CT molecular complexity index is 1050. The lowest BCUT2D eigenvalue weighted by atomic mass is 10.1. The lowest BCUT2D eigenvalue weighted by Gasteiger charge is -2.27. The standard InChI is InChI=1S/C22H26N4O/c1-5-10-26(16(3)21-12-18-8-6-7-9-20(18)27-21)14-17-11-19-15(2)24-25(4)22(19)23-13-17/h6-9,11-13,16H,5,10,14H2,1-4H3. The van der Waals surface area contributed by atoms with E-state index in [-0.39, 0.29) is 6.04 Å². The maximum absolute atomic E-state index is 6.12. The van der Waals surface area contributed by atoms with E-state index in [4.69, 9.17) is 4.42 Å². The first kappa shape index (κ1) is 17.7. The van der Waals surface area contributed by atoms with E-state index in [9.17, 15) is 0 Å². The fourth-order valence-electron chi connectivity index (χ4n) is 3.76. The monoisotopic (exact) mass is 362 g/mol. The van der Waals surface area contributed by atoms with Crippen LogP contribution in [-0.2, 0) is 13.6 Å². The number of nitrogens with zero attached hydrogens (tertiary/aromatic N) is 4. The fourth-order valence-corrected chi connectivity index (χ4v) is 3.76. The summed E-state index contributed by atoms with van der Waals surface area (Å²) in [6, 6.07) is 12.8. The molecule has 4 rings (SSSR count). The summed E-state index contributed by atoms with van der Waals surface area (Å²) in [7, 11) is 1.94. The van der Waals surface area contributed by atoms with Crippen LogP contribution in [0.4, 0.5) is 0 Å². The minimum atomic E-state index is 0.197. The number of hydrogen-bond acceptors (Lipinski definition) is 4. The van der Waals surface area contributed by atoms with Crippen molar-refractivity contribution in [1.29, 1.82) is 0 Å². The smallest absolute Gasteiger partial charge is 0.157 e. The third-order valence-corrected chi connectivity index (χ3v) is 5.22. The van der Waals surface area contributed by atoms with Crippen LogP contribution < -0.4 is 0 Å². The predicted molar refractivity (Wildman–Crippen MR) is 109 cm³/mol. The summed E-state index contributed by atoms with van der Waals surface area (Å²) in [4.78, 5) is 7.08. The first-order chi connectivity index (χ1) is 13.1. The number of aryl methyl sites for hydroxylation is 2. The summed E-state index contributed by atoms with van der Waals surface area (Å²) in [5, 5.41) is 6.76. The molecule has 0 radical (unpaired) electrons. The summed E-state index contributed by atoms with van der Waals surface area (Å²) in [6.45, 7) is 8.31. The van der Waals surface area contributed by atoms with E-state index < -0.39 is 0 Å². The zero-order valence-electron chi connectivity index (χ0n) is 16.4. The van der Waals surface area contributed by atoms with Gasteiger partial charge in [-0.2, -0.15) is 5.10 Å². The van der Waals surface area contributed by atoms with Gasteiger partial charge in [0.1, 0.15) is 11.3 Å². The average molecular weight is 362 g/mol. The summed E-state index contributed by atoms with van der Waals surface area (Å²) >= 11 is 0. The molecule has 0 saturated carbocycles. The van der Waals surface area contributed by atoms with Crippen LogP contribution in [0.3, 0.4) is 0 Å². The van der Waals surface area contributed by atoms with Gasteiger partial charge in [0.25, 0.3) is 0 Å². The largest absolute Gasteiger partial charge is 0.459 e. The number of rotatable bonds is 6. The van der Waals surface area contributed by atoms with Crippen LogP contribution in [0.2, 0.25) is 0 Å². The molecule has 1 unspecified atom stereocenters. The molecule has 0 fully saturated rings. The zero-order chi connectivity index (χ0) is 19.0. The predicted octanol–water partition coefficient (Wildman–Crippen LogP) is 5.00. The molecule has 0 aliphatic heterocycles. The summed E-state index contributed by atoms with van der Waals surface area (Å²) in [5.74, 6) is 1.01. The third-order valence-electron chi connectivity index (χ3n) is 5.22. The molecule has 140 valence electrons. The molecule has 3 aromatic heterocycles. The number of pyridine rings is 1. The van der Waals surface area contributed by atoms with Crippen molar-refractivity contribution < 1.29 is 4.42 Å². The van der Waals surface area contributed by atoms with E-state index in [0.29, 0.717) is 0 Å². The molecule has 27 heavy (non-hydrogen) atoms. The van der Waals surface area contributed by atoms with Crippen molar-refractivity contribution >= 4 is 22.0 Å². The number of furan rings is 1. The Labute approximate surface area is 159 Å². The average Bonchev–Trinajstić information content (AvgIpc) is 3.22. The lowest BCUT2D eigenvalue weighted by molar-refractivity contribution is 0.181. The second kappa shape index (κ2) is 7.16. The van der Waals surface area contributed by atoms with Crippen molar-refractivity contribution in [3.05, 3.63) is 59.6 Å². The van der Waals surface area contributed by atoms with Gasteiger partial charge in [0, 0.05) is 30.6 Å². The second-order valence-corrected chi connectivity index (χ2v) is 7.26. The van der Waals surface area contributed by atoms with E-state index in [0.717, 1.165) is 53.0 Å². The normalized spacial score (nSPS) is 13.1. The number of fused-ring (bicyclic) bond motifs is 2. The number of hydrogen-bond donors (Lipinski definition) is 0. The maximum atomic E-state index is 6.12. The van der Waals surface area contributed by atoms with E-state index in [2.05, 4.69) is 47.0 Å². The zero-order valence-corrected chi connectivity index (χ0v) is 16.4. The molecule has 0 saturated heterocycles. The summed E-state index contributed by atoms with van der Waals surface area (Å²) in [5.41, 5.74) is 4.11. The minimum absolute atomic E-state index is 0.197. The van der Waals surface area contributed by atoms with Crippen molar-refractivity contribution in [2.75, 3.05) is 6.54 Å². The van der Waals surface area contributed by atoms with Crippen LogP contribution >= 0.6 is 0 Å². The quantitative estimate of drug-likeness (QED) is 0.484. The van der Waals surface area contributed by atoms with Crippen molar-refractivity contribution in [2.45, 2.75) is 39.8 Å². The van der Waals surface area contributed by atoms with Crippen molar-refractivity contribution in [1.82, 2.24) is 19.7 Å². The van der Waals surface area contributed by atoms with E-state index in [1.54, 1.807) is 0 Å². The summed E-state index contributed by atoms with van der Waals surface area (Å²) in [6.07, 6.45) is 3.06. The Kier molecular flexibility index (Phi) is 4.70. The van der Waals surface area contributed by atoms with Gasteiger partial charge in [-0.15, -0.1) is 0 Å². The molecule has 5 nitrogen and oxygen atoms in total.